The molecule has 0 saturated carbocycles. The summed E-state index contributed by atoms with van der Waals surface area (Å²) in [6, 6.07) is 3.89. The second kappa shape index (κ2) is 7.03. The summed E-state index contributed by atoms with van der Waals surface area (Å²) in [5.74, 6) is -1.34. The molecule has 3 N–H and O–H groups in total. The van der Waals surface area contributed by atoms with Gasteiger partial charge in [-0.3, -0.25) is 10.1 Å². The molecule has 0 saturated heterocycles. The maximum atomic E-state index is 11.1. The fraction of sp³-hybridized carbons (Fsp3) is 0.500. The summed E-state index contributed by atoms with van der Waals surface area (Å²) in [6.45, 7) is 4.43. The molecule has 0 radical (unpaired) electrons. The van der Waals surface area contributed by atoms with Crippen molar-refractivity contribution in [3.63, 3.8) is 0 Å². The van der Waals surface area contributed by atoms with Crippen LogP contribution in [0.2, 0.25) is 0 Å². The minimum Gasteiger partial charge on any atom is -0.477 e. The third-order valence-electron chi connectivity index (χ3n) is 3.93. The summed E-state index contributed by atoms with van der Waals surface area (Å²) in [5.41, 5.74) is -0.594. The van der Waals surface area contributed by atoms with Crippen LogP contribution in [0.3, 0.4) is 0 Å². The van der Waals surface area contributed by atoms with E-state index in [4.69, 9.17) is 5.11 Å². The number of nitro groups is 1. The van der Waals surface area contributed by atoms with Gasteiger partial charge in [-0.25, -0.2) is 4.79 Å². The van der Waals surface area contributed by atoms with E-state index in [1.54, 1.807) is 0 Å². The molecule has 21 heavy (non-hydrogen) atoms. The Morgan fingerprint density at radius 1 is 1.38 bits per heavy atom. The van der Waals surface area contributed by atoms with Gasteiger partial charge in [0.2, 0.25) is 0 Å². The molecule has 0 bridgehead atoms. The molecule has 0 spiro atoms. The smallest absolute Gasteiger partial charge is 0.342 e. The molecule has 7 heteroatoms. The van der Waals surface area contributed by atoms with Gasteiger partial charge in [0.1, 0.15) is 5.56 Å². The highest BCUT2D eigenvalue weighted by molar-refractivity contribution is 5.93. The van der Waals surface area contributed by atoms with Crippen molar-refractivity contribution < 1.29 is 19.9 Å². The van der Waals surface area contributed by atoms with Gasteiger partial charge in [0.25, 0.3) is 5.69 Å². The SMILES string of the molecule is CCC(CC)(CO)CNc1ccc([N+](=O)[O-])c(C(=O)O)c1. The number of aliphatic hydroxyl groups excluding tert-OH is 1. The Kier molecular flexibility index (Phi) is 5.66. The fourth-order valence-corrected chi connectivity index (χ4v) is 2.05. The number of carboxylic acid groups (broad SMARTS) is 1. The average molecular weight is 296 g/mol. The predicted molar refractivity (Wildman–Crippen MR) is 78.6 cm³/mol. The van der Waals surface area contributed by atoms with Gasteiger partial charge < -0.3 is 15.5 Å². The van der Waals surface area contributed by atoms with Crippen LogP contribution in [0.4, 0.5) is 11.4 Å². The van der Waals surface area contributed by atoms with E-state index in [2.05, 4.69) is 5.32 Å². The number of carbonyl (C=O) groups is 1. The van der Waals surface area contributed by atoms with Gasteiger partial charge in [-0.2, -0.15) is 0 Å². The Morgan fingerprint density at radius 2 is 2.00 bits per heavy atom. The first-order valence-corrected chi connectivity index (χ1v) is 6.75. The number of nitro benzene ring substituents is 1. The monoisotopic (exact) mass is 296 g/mol. The highest BCUT2D eigenvalue weighted by atomic mass is 16.6. The zero-order valence-electron chi connectivity index (χ0n) is 12.1. The Bertz CT molecular complexity index is 518. The molecular weight excluding hydrogens is 276 g/mol. The predicted octanol–water partition coefficient (Wildman–Crippen LogP) is 2.50. The van der Waals surface area contributed by atoms with Crippen LogP contribution >= 0.6 is 0 Å². The van der Waals surface area contributed by atoms with Crippen molar-refractivity contribution in [2.75, 3.05) is 18.5 Å². The van der Waals surface area contributed by atoms with Crippen LogP contribution in [-0.4, -0.2) is 34.3 Å². The van der Waals surface area contributed by atoms with E-state index in [-0.39, 0.29) is 17.6 Å². The first kappa shape index (κ1) is 16.9. The van der Waals surface area contributed by atoms with Gasteiger partial charge in [-0.1, -0.05) is 13.8 Å². The molecule has 1 aromatic rings. The number of hydrogen-bond acceptors (Lipinski definition) is 5. The molecule has 0 aliphatic heterocycles. The van der Waals surface area contributed by atoms with E-state index in [9.17, 15) is 20.0 Å². The number of carboxylic acids is 1. The Morgan fingerprint density at radius 3 is 2.43 bits per heavy atom. The van der Waals surface area contributed by atoms with Crippen LogP contribution < -0.4 is 5.32 Å². The number of aromatic carboxylic acids is 1. The third kappa shape index (κ3) is 3.91. The summed E-state index contributed by atoms with van der Waals surface area (Å²) in [4.78, 5) is 21.1. The standard InChI is InChI=1S/C14H20N2O5/c1-3-14(4-2,9-17)8-15-10-5-6-12(16(20)21)11(7-10)13(18)19/h5-7,15,17H,3-4,8-9H2,1-2H3,(H,18,19). The molecule has 0 aromatic heterocycles. The van der Waals surface area contributed by atoms with Crippen molar-refractivity contribution in [1.82, 2.24) is 0 Å². The number of rotatable bonds is 8. The molecule has 7 nitrogen and oxygen atoms in total. The molecule has 0 atom stereocenters. The van der Waals surface area contributed by atoms with Gasteiger partial charge in [0.05, 0.1) is 11.5 Å². The molecule has 1 aromatic carbocycles. The summed E-state index contributed by atoms with van der Waals surface area (Å²) in [5, 5.41) is 32.4. The van der Waals surface area contributed by atoms with Crippen molar-refractivity contribution >= 4 is 17.3 Å². The molecule has 0 aliphatic rings. The lowest BCUT2D eigenvalue weighted by Gasteiger charge is -2.30. The van der Waals surface area contributed by atoms with Crippen LogP contribution in [0.15, 0.2) is 18.2 Å². The molecule has 1 rings (SSSR count). The van der Waals surface area contributed by atoms with Gasteiger partial charge in [0.15, 0.2) is 0 Å². The maximum Gasteiger partial charge on any atom is 0.342 e. The largest absolute Gasteiger partial charge is 0.477 e. The molecule has 0 fully saturated rings. The maximum absolute atomic E-state index is 11.1. The number of anilines is 1. The Hall–Kier alpha value is -2.15. The zero-order chi connectivity index (χ0) is 16.0. The summed E-state index contributed by atoms with van der Waals surface area (Å²) < 4.78 is 0. The highest BCUT2D eigenvalue weighted by Gasteiger charge is 2.25. The summed E-state index contributed by atoms with van der Waals surface area (Å²) in [7, 11) is 0. The quantitative estimate of drug-likeness (QED) is 0.502. The molecule has 0 aliphatic carbocycles. The first-order chi connectivity index (χ1) is 9.89. The third-order valence-corrected chi connectivity index (χ3v) is 3.93. The minimum absolute atomic E-state index is 0.0196. The lowest BCUT2D eigenvalue weighted by Crippen LogP contribution is -2.32. The zero-order valence-corrected chi connectivity index (χ0v) is 12.1. The molecule has 0 unspecified atom stereocenters. The van der Waals surface area contributed by atoms with Crippen molar-refractivity contribution in [2.24, 2.45) is 5.41 Å². The van der Waals surface area contributed by atoms with Gasteiger partial charge in [0, 0.05) is 23.7 Å². The lowest BCUT2D eigenvalue weighted by atomic mass is 9.83. The number of nitrogens with one attached hydrogen (secondary N) is 1. The molecule has 0 amide bonds. The van der Waals surface area contributed by atoms with Gasteiger partial charge in [-0.05, 0) is 25.0 Å². The van der Waals surface area contributed by atoms with Crippen molar-refractivity contribution in [3.8, 4) is 0 Å². The van der Waals surface area contributed by atoms with Crippen molar-refractivity contribution in [3.05, 3.63) is 33.9 Å². The first-order valence-electron chi connectivity index (χ1n) is 6.75. The Balaban J connectivity index is 2.98. The van der Waals surface area contributed by atoms with E-state index in [0.29, 0.717) is 12.2 Å². The van der Waals surface area contributed by atoms with E-state index in [0.717, 1.165) is 12.8 Å². The normalized spacial score (nSPS) is 11.2. The fourth-order valence-electron chi connectivity index (χ4n) is 2.05. The van der Waals surface area contributed by atoms with Gasteiger partial charge in [-0.15, -0.1) is 0 Å². The van der Waals surface area contributed by atoms with Crippen LogP contribution in [0.25, 0.3) is 0 Å². The van der Waals surface area contributed by atoms with Crippen LogP contribution in [-0.2, 0) is 0 Å². The summed E-state index contributed by atoms with van der Waals surface area (Å²) in [6.07, 6.45) is 1.54. The van der Waals surface area contributed by atoms with Crippen LogP contribution in [0.5, 0.6) is 0 Å². The van der Waals surface area contributed by atoms with Crippen molar-refractivity contribution in [2.45, 2.75) is 26.7 Å². The van der Waals surface area contributed by atoms with Crippen LogP contribution in [0, 0.1) is 15.5 Å². The molecule has 116 valence electrons. The minimum atomic E-state index is -1.34. The molecular formula is C14H20N2O5. The van der Waals surface area contributed by atoms with Crippen molar-refractivity contribution in [1.29, 1.82) is 0 Å². The summed E-state index contributed by atoms with van der Waals surface area (Å²) >= 11 is 0. The topological polar surface area (TPSA) is 113 Å². The second-order valence-corrected chi connectivity index (χ2v) is 5.01. The highest BCUT2D eigenvalue weighted by Crippen LogP contribution is 2.28. The molecule has 0 heterocycles. The van der Waals surface area contributed by atoms with E-state index in [1.165, 1.54) is 18.2 Å². The average Bonchev–Trinajstić information content (AvgIpc) is 2.48. The number of benzene rings is 1. The second-order valence-electron chi connectivity index (χ2n) is 5.01. The number of nitrogens with zero attached hydrogens (tertiary/aromatic N) is 1. The van der Waals surface area contributed by atoms with Gasteiger partial charge >= 0.3 is 5.97 Å². The lowest BCUT2D eigenvalue weighted by molar-refractivity contribution is -0.385. The van der Waals surface area contributed by atoms with Crippen LogP contribution in [0.1, 0.15) is 37.0 Å². The number of aliphatic hydroxyl groups is 1. The van der Waals surface area contributed by atoms with E-state index in [1.807, 2.05) is 13.8 Å². The van der Waals surface area contributed by atoms with E-state index < -0.39 is 16.6 Å². The number of hydrogen-bond donors (Lipinski definition) is 3. The van der Waals surface area contributed by atoms with E-state index >= 15 is 0 Å². The Labute approximate surface area is 122 Å².